The van der Waals surface area contributed by atoms with Gasteiger partial charge in [-0.05, 0) is 20.8 Å². The molecule has 0 aliphatic carbocycles. The van der Waals surface area contributed by atoms with Crippen LogP contribution in [0.25, 0.3) is 0 Å². The number of nitrogens with zero attached hydrogens (tertiary/aromatic N) is 4. The lowest BCUT2D eigenvalue weighted by atomic mass is 10.2. The van der Waals surface area contributed by atoms with Crippen molar-refractivity contribution in [1.82, 2.24) is 24.9 Å². The average molecular weight is 356 g/mol. The summed E-state index contributed by atoms with van der Waals surface area (Å²) in [4.78, 5) is 39.5. The highest BCUT2D eigenvalue weighted by atomic mass is 35.5. The van der Waals surface area contributed by atoms with E-state index in [9.17, 15) is 14.4 Å². The zero-order valence-corrected chi connectivity index (χ0v) is 15.1. The SMILES string of the molecule is Cc1nn(C)c(Cl)c1C(=O)N1CCN(C(=O)C(=O)NC(C)C)CC1. The monoisotopic (exact) mass is 355 g/mol. The zero-order chi connectivity index (χ0) is 18.0. The Hall–Kier alpha value is -2.09. The highest BCUT2D eigenvalue weighted by Gasteiger charge is 2.30. The van der Waals surface area contributed by atoms with Crippen molar-refractivity contribution < 1.29 is 14.4 Å². The molecular formula is C15H22ClN5O3. The summed E-state index contributed by atoms with van der Waals surface area (Å²) in [6.07, 6.45) is 0. The molecule has 1 fully saturated rings. The molecule has 0 saturated carbocycles. The molecule has 1 aliphatic heterocycles. The molecule has 0 atom stereocenters. The van der Waals surface area contributed by atoms with Gasteiger partial charge in [0.25, 0.3) is 5.91 Å². The smallest absolute Gasteiger partial charge is 0.312 e. The Morgan fingerprint density at radius 1 is 1.12 bits per heavy atom. The van der Waals surface area contributed by atoms with Crippen molar-refractivity contribution >= 4 is 29.3 Å². The van der Waals surface area contributed by atoms with Crippen molar-refractivity contribution in [2.75, 3.05) is 26.2 Å². The molecule has 1 N–H and O–H groups in total. The van der Waals surface area contributed by atoms with Gasteiger partial charge in [-0.3, -0.25) is 19.1 Å². The summed E-state index contributed by atoms with van der Waals surface area (Å²) in [7, 11) is 1.68. The van der Waals surface area contributed by atoms with E-state index in [1.165, 1.54) is 9.58 Å². The van der Waals surface area contributed by atoms with Crippen LogP contribution in [0, 0.1) is 6.92 Å². The van der Waals surface area contributed by atoms with E-state index in [2.05, 4.69) is 10.4 Å². The van der Waals surface area contributed by atoms with E-state index in [1.807, 2.05) is 0 Å². The van der Waals surface area contributed by atoms with Gasteiger partial charge in [-0.1, -0.05) is 11.6 Å². The number of carbonyl (C=O) groups excluding carboxylic acids is 3. The third-order valence-corrected chi connectivity index (χ3v) is 4.27. The molecule has 1 aromatic heterocycles. The Morgan fingerprint density at radius 3 is 2.12 bits per heavy atom. The van der Waals surface area contributed by atoms with Crippen molar-refractivity contribution in [3.05, 3.63) is 16.4 Å². The van der Waals surface area contributed by atoms with Crippen LogP contribution in [0.15, 0.2) is 0 Å². The molecule has 24 heavy (non-hydrogen) atoms. The number of piperazine rings is 1. The highest BCUT2D eigenvalue weighted by molar-refractivity contribution is 6.35. The van der Waals surface area contributed by atoms with E-state index in [4.69, 9.17) is 11.6 Å². The summed E-state index contributed by atoms with van der Waals surface area (Å²) in [5.74, 6) is -1.38. The van der Waals surface area contributed by atoms with Gasteiger partial charge in [0.1, 0.15) is 5.15 Å². The third-order valence-electron chi connectivity index (χ3n) is 3.83. The van der Waals surface area contributed by atoms with Crippen LogP contribution in [0.5, 0.6) is 0 Å². The predicted molar refractivity (Wildman–Crippen MR) is 88.7 cm³/mol. The number of halogens is 1. The fourth-order valence-corrected chi connectivity index (χ4v) is 2.87. The van der Waals surface area contributed by atoms with Crippen LogP contribution in [-0.2, 0) is 16.6 Å². The molecule has 0 unspecified atom stereocenters. The minimum atomic E-state index is -0.615. The lowest BCUT2D eigenvalue weighted by Gasteiger charge is -2.34. The maximum absolute atomic E-state index is 12.6. The Bertz CT molecular complexity index is 662. The molecule has 0 aromatic carbocycles. The van der Waals surface area contributed by atoms with E-state index in [-0.39, 0.29) is 11.9 Å². The maximum atomic E-state index is 12.6. The summed E-state index contributed by atoms with van der Waals surface area (Å²) < 4.78 is 1.46. The summed E-state index contributed by atoms with van der Waals surface area (Å²) in [5, 5.41) is 7.02. The maximum Gasteiger partial charge on any atom is 0.312 e. The number of aromatic nitrogens is 2. The Morgan fingerprint density at radius 2 is 1.67 bits per heavy atom. The first-order chi connectivity index (χ1) is 11.2. The molecule has 2 heterocycles. The molecule has 1 aliphatic rings. The molecule has 0 spiro atoms. The minimum absolute atomic E-state index is 0.0972. The van der Waals surface area contributed by atoms with Crippen LogP contribution in [0.2, 0.25) is 5.15 Å². The van der Waals surface area contributed by atoms with Gasteiger partial charge in [0, 0.05) is 39.3 Å². The molecule has 9 heteroatoms. The van der Waals surface area contributed by atoms with Crippen molar-refractivity contribution in [3.63, 3.8) is 0 Å². The van der Waals surface area contributed by atoms with Crippen molar-refractivity contribution in [1.29, 1.82) is 0 Å². The second kappa shape index (κ2) is 7.21. The lowest BCUT2D eigenvalue weighted by molar-refractivity contribution is -0.147. The van der Waals surface area contributed by atoms with Crippen LogP contribution in [0.3, 0.4) is 0 Å². The van der Waals surface area contributed by atoms with E-state index in [1.54, 1.807) is 32.7 Å². The van der Waals surface area contributed by atoms with Crippen molar-refractivity contribution in [2.45, 2.75) is 26.8 Å². The fourth-order valence-electron chi connectivity index (χ4n) is 2.61. The molecule has 0 bridgehead atoms. The van der Waals surface area contributed by atoms with Gasteiger partial charge >= 0.3 is 11.8 Å². The van der Waals surface area contributed by atoms with E-state index in [0.29, 0.717) is 42.6 Å². The van der Waals surface area contributed by atoms with Crippen LogP contribution in [0.4, 0.5) is 0 Å². The van der Waals surface area contributed by atoms with E-state index in [0.717, 1.165) is 0 Å². The largest absolute Gasteiger partial charge is 0.346 e. The summed E-state index contributed by atoms with van der Waals surface area (Å²) >= 11 is 6.13. The van der Waals surface area contributed by atoms with Gasteiger partial charge in [0.15, 0.2) is 0 Å². The third kappa shape index (κ3) is 3.69. The topological polar surface area (TPSA) is 87.5 Å². The second-order valence-electron chi connectivity index (χ2n) is 6.09. The molecular weight excluding hydrogens is 334 g/mol. The van der Waals surface area contributed by atoms with Gasteiger partial charge in [-0.15, -0.1) is 0 Å². The van der Waals surface area contributed by atoms with Gasteiger partial charge < -0.3 is 15.1 Å². The van der Waals surface area contributed by atoms with E-state index < -0.39 is 11.8 Å². The van der Waals surface area contributed by atoms with Gasteiger partial charge in [-0.25, -0.2) is 0 Å². The first-order valence-electron chi connectivity index (χ1n) is 7.80. The summed E-state index contributed by atoms with van der Waals surface area (Å²) in [6, 6.07) is -0.0972. The lowest BCUT2D eigenvalue weighted by Crippen LogP contribution is -2.54. The van der Waals surface area contributed by atoms with Crippen molar-refractivity contribution in [2.24, 2.45) is 7.05 Å². The molecule has 3 amide bonds. The standard InChI is InChI=1S/C15H22ClN5O3/c1-9(2)17-13(22)15(24)21-7-5-20(6-8-21)14(23)11-10(3)18-19(4)12(11)16/h9H,5-8H2,1-4H3,(H,17,22). The fraction of sp³-hybridized carbons (Fsp3) is 0.600. The second-order valence-corrected chi connectivity index (χ2v) is 6.45. The summed E-state index contributed by atoms with van der Waals surface area (Å²) in [5.41, 5.74) is 0.957. The van der Waals surface area contributed by atoms with Crippen LogP contribution < -0.4 is 5.32 Å². The Balaban J connectivity index is 1.98. The molecule has 1 aromatic rings. The molecule has 1 saturated heterocycles. The normalized spacial score (nSPS) is 14.9. The van der Waals surface area contributed by atoms with Gasteiger partial charge in [0.05, 0.1) is 11.3 Å². The number of hydrogen-bond acceptors (Lipinski definition) is 4. The Labute approximate surface area is 145 Å². The average Bonchev–Trinajstić information content (AvgIpc) is 2.78. The molecule has 0 radical (unpaired) electrons. The van der Waals surface area contributed by atoms with Crippen LogP contribution in [0.1, 0.15) is 29.9 Å². The number of nitrogens with one attached hydrogen (secondary N) is 1. The van der Waals surface area contributed by atoms with Crippen molar-refractivity contribution in [3.8, 4) is 0 Å². The van der Waals surface area contributed by atoms with Crippen LogP contribution >= 0.6 is 11.6 Å². The number of carbonyl (C=O) groups is 3. The first-order valence-corrected chi connectivity index (χ1v) is 8.18. The Kier molecular flexibility index (Phi) is 5.48. The highest BCUT2D eigenvalue weighted by Crippen LogP contribution is 2.21. The van der Waals surface area contributed by atoms with Crippen LogP contribution in [-0.4, -0.2) is 69.5 Å². The number of rotatable bonds is 2. The van der Waals surface area contributed by atoms with Gasteiger partial charge in [-0.2, -0.15) is 5.10 Å². The number of hydrogen-bond donors (Lipinski definition) is 1. The van der Waals surface area contributed by atoms with Gasteiger partial charge in [0.2, 0.25) is 0 Å². The molecule has 132 valence electrons. The number of aryl methyl sites for hydroxylation is 2. The molecule has 2 rings (SSSR count). The predicted octanol–water partition coefficient (Wildman–Crippen LogP) is 0.191. The summed E-state index contributed by atoms with van der Waals surface area (Å²) in [6.45, 7) is 6.65. The zero-order valence-electron chi connectivity index (χ0n) is 14.3. The quantitative estimate of drug-likeness (QED) is 0.767. The number of amides is 3. The first kappa shape index (κ1) is 18.3. The molecule has 8 nitrogen and oxygen atoms in total. The van der Waals surface area contributed by atoms with E-state index >= 15 is 0 Å². The minimum Gasteiger partial charge on any atom is -0.346 e.